The highest BCUT2D eigenvalue weighted by Crippen LogP contribution is 2.04. The van der Waals surface area contributed by atoms with Crippen molar-refractivity contribution in [3.8, 4) is 0 Å². The first-order valence-corrected chi connectivity index (χ1v) is 4.50. The Labute approximate surface area is 84.3 Å². The number of rotatable bonds is 7. The van der Waals surface area contributed by atoms with E-state index in [1.165, 1.54) is 0 Å². The lowest BCUT2D eigenvalue weighted by molar-refractivity contribution is -0.139. The first kappa shape index (κ1) is 13.4. The molecule has 0 aromatic rings. The normalized spacial score (nSPS) is 12.1. The fourth-order valence-electron chi connectivity index (χ4n) is 1.17. The lowest BCUT2D eigenvalue weighted by Crippen LogP contribution is -2.42. The van der Waals surface area contributed by atoms with E-state index < -0.39 is 11.6 Å². The third-order valence-corrected chi connectivity index (χ3v) is 1.58. The number of carbonyl (C=O) groups is 1. The monoisotopic (exact) mass is 205 g/mol. The molecule has 5 nitrogen and oxygen atoms in total. The zero-order valence-electron chi connectivity index (χ0n) is 8.99. The van der Waals surface area contributed by atoms with Crippen LogP contribution in [0.4, 0.5) is 0 Å². The molecule has 0 aliphatic rings. The average molecular weight is 205 g/mol. The molecule has 84 valence electrons. The molecule has 2 N–H and O–H groups in total. The van der Waals surface area contributed by atoms with Crippen LogP contribution < -0.4 is 0 Å². The van der Waals surface area contributed by atoms with Gasteiger partial charge >= 0.3 is 5.97 Å². The molecular weight excluding hydrogens is 186 g/mol. The van der Waals surface area contributed by atoms with Gasteiger partial charge in [0.15, 0.2) is 0 Å². The van der Waals surface area contributed by atoms with Crippen molar-refractivity contribution in [3.05, 3.63) is 0 Å². The van der Waals surface area contributed by atoms with Crippen molar-refractivity contribution >= 4 is 5.97 Å². The van der Waals surface area contributed by atoms with Crippen LogP contribution in [0.15, 0.2) is 0 Å². The van der Waals surface area contributed by atoms with Crippen LogP contribution in [0, 0.1) is 0 Å². The first-order chi connectivity index (χ1) is 6.35. The predicted octanol–water partition coefficient (Wildman–Crippen LogP) is -0.210. The molecule has 0 unspecified atom stereocenters. The minimum absolute atomic E-state index is 0.0760. The van der Waals surface area contributed by atoms with Gasteiger partial charge in [0, 0.05) is 20.2 Å². The lowest BCUT2D eigenvalue weighted by Gasteiger charge is -2.27. The number of hydrogen-bond acceptors (Lipinski definition) is 4. The quantitative estimate of drug-likeness (QED) is 0.602. The molecule has 0 heterocycles. The smallest absolute Gasteiger partial charge is 0.317 e. The number of methoxy groups -OCH3 is 1. The molecule has 0 saturated heterocycles. The van der Waals surface area contributed by atoms with E-state index in [0.717, 1.165) is 0 Å². The number of nitrogens with zero attached hydrogens (tertiary/aromatic N) is 1. The molecular formula is C9H19NO4. The second-order valence-electron chi connectivity index (χ2n) is 3.91. The molecule has 0 bridgehead atoms. The van der Waals surface area contributed by atoms with Crippen LogP contribution in [0.3, 0.4) is 0 Å². The highest BCUT2D eigenvalue weighted by molar-refractivity contribution is 5.69. The topological polar surface area (TPSA) is 70.0 Å². The van der Waals surface area contributed by atoms with Crippen LogP contribution in [-0.2, 0) is 9.53 Å². The molecule has 0 radical (unpaired) electrons. The Bertz CT molecular complexity index is 176. The van der Waals surface area contributed by atoms with Gasteiger partial charge in [0.2, 0.25) is 0 Å². The number of hydrogen-bond donors (Lipinski definition) is 2. The number of carboxylic acid groups (broad SMARTS) is 1. The molecule has 0 aromatic carbocycles. The van der Waals surface area contributed by atoms with Crippen LogP contribution in [0.25, 0.3) is 0 Å². The Morgan fingerprint density at radius 3 is 2.43 bits per heavy atom. The van der Waals surface area contributed by atoms with Gasteiger partial charge in [-0.1, -0.05) is 0 Å². The highest BCUT2D eigenvalue weighted by atomic mass is 16.5. The van der Waals surface area contributed by atoms with E-state index in [9.17, 15) is 9.90 Å². The van der Waals surface area contributed by atoms with Gasteiger partial charge in [0.05, 0.1) is 18.8 Å². The largest absolute Gasteiger partial charge is 0.480 e. The Hall–Kier alpha value is -0.650. The standard InChI is InChI=1S/C9H19NO4/c1-9(2,13)7-10(4-5-14-3)6-8(11)12/h13H,4-7H2,1-3H3,(H,11,12). The van der Waals surface area contributed by atoms with Crippen molar-refractivity contribution in [3.63, 3.8) is 0 Å². The van der Waals surface area contributed by atoms with Crippen molar-refractivity contribution < 1.29 is 19.7 Å². The van der Waals surface area contributed by atoms with Crippen LogP contribution >= 0.6 is 0 Å². The van der Waals surface area contributed by atoms with Crippen molar-refractivity contribution in [2.24, 2.45) is 0 Å². The van der Waals surface area contributed by atoms with Crippen molar-refractivity contribution in [2.75, 3.05) is 33.4 Å². The molecule has 5 heteroatoms. The van der Waals surface area contributed by atoms with E-state index in [4.69, 9.17) is 9.84 Å². The van der Waals surface area contributed by atoms with E-state index in [-0.39, 0.29) is 6.54 Å². The van der Waals surface area contributed by atoms with Crippen molar-refractivity contribution in [2.45, 2.75) is 19.4 Å². The predicted molar refractivity (Wildman–Crippen MR) is 52.2 cm³/mol. The van der Waals surface area contributed by atoms with Gasteiger partial charge in [0.25, 0.3) is 0 Å². The van der Waals surface area contributed by atoms with E-state index >= 15 is 0 Å². The zero-order valence-corrected chi connectivity index (χ0v) is 8.99. The van der Waals surface area contributed by atoms with Crippen LogP contribution in [0.5, 0.6) is 0 Å². The van der Waals surface area contributed by atoms with E-state index in [0.29, 0.717) is 19.7 Å². The third kappa shape index (κ3) is 7.97. The van der Waals surface area contributed by atoms with Gasteiger partial charge in [-0.2, -0.15) is 0 Å². The maximum Gasteiger partial charge on any atom is 0.317 e. The molecule has 0 fully saturated rings. The summed E-state index contributed by atoms with van der Waals surface area (Å²) in [5, 5.41) is 18.1. The fourth-order valence-corrected chi connectivity index (χ4v) is 1.17. The van der Waals surface area contributed by atoms with Crippen LogP contribution in [-0.4, -0.2) is 60.0 Å². The molecule has 0 aliphatic heterocycles. The summed E-state index contributed by atoms with van der Waals surface area (Å²) in [6.45, 7) is 4.51. The van der Waals surface area contributed by atoms with Crippen LogP contribution in [0.2, 0.25) is 0 Å². The summed E-state index contributed by atoms with van der Waals surface area (Å²) < 4.78 is 4.85. The Morgan fingerprint density at radius 1 is 1.50 bits per heavy atom. The summed E-state index contributed by atoms with van der Waals surface area (Å²) in [5.41, 5.74) is -0.886. The van der Waals surface area contributed by atoms with Gasteiger partial charge < -0.3 is 14.9 Å². The maximum absolute atomic E-state index is 10.5. The first-order valence-electron chi connectivity index (χ1n) is 4.50. The van der Waals surface area contributed by atoms with E-state index in [2.05, 4.69) is 0 Å². The highest BCUT2D eigenvalue weighted by Gasteiger charge is 2.19. The number of ether oxygens (including phenoxy) is 1. The minimum Gasteiger partial charge on any atom is -0.480 e. The molecule has 0 saturated carbocycles. The van der Waals surface area contributed by atoms with Gasteiger partial charge in [-0.25, -0.2) is 0 Å². The molecule has 0 aliphatic carbocycles. The molecule has 0 atom stereocenters. The Morgan fingerprint density at radius 2 is 2.07 bits per heavy atom. The summed E-state index contributed by atoms with van der Waals surface area (Å²) >= 11 is 0. The summed E-state index contributed by atoms with van der Waals surface area (Å²) in [7, 11) is 1.56. The molecule has 0 aromatic heterocycles. The maximum atomic E-state index is 10.5. The fraction of sp³-hybridized carbons (Fsp3) is 0.889. The lowest BCUT2D eigenvalue weighted by atomic mass is 10.1. The number of aliphatic hydroxyl groups is 1. The minimum atomic E-state index is -0.898. The van der Waals surface area contributed by atoms with Gasteiger partial charge in [-0.05, 0) is 13.8 Å². The zero-order chi connectivity index (χ0) is 11.2. The van der Waals surface area contributed by atoms with Crippen molar-refractivity contribution in [1.29, 1.82) is 0 Å². The summed E-state index contributed by atoms with van der Waals surface area (Å²) in [5.74, 6) is -0.898. The molecule has 0 spiro atoms. The summed E-state index contributed by atoms with van der Waals surface area (Å²) in [6.07, 6.45) is 0. The van der Waals surface area contributed by atoms with Gasteiger partial charge in [-0.3, -0.25) is 9.69 Å². The second kappa shape index (κ2) is 5.95. The Balaban J connectivity index is 4.03. The van der Waals surface area contributed by atoms with Gasteiger partial charge in [0.1, 0.15) is 0 Å². The number of aliphatic carboxylic acids is 1. The number of carboxylic acids is 1. The van der Waals surface area contributed by atoms with Crippen molar-refractivity contribution in [1.82, 2.24) is 4.90 Å². The summed E-state index contributed by atoms with van der Waals surface area (Å²) in [6, 6.07) is 0. The second-order valence-corrected chi connectivity index (χ2v) is 3.91. The van der Waals surface area contributed by atoms with E-state index in [1.807, 2.05) is 0 Å². The molecule has 0 rings (SSSR count). The molecule has 0 amide bonds. The third-order valence-electron chi connectivity index (χ3n) is 1.58. The Kier molecular flexibility index (Phi) is 5.68. The average Bonchev–Trinajstić information content (AvgIpc) is 1.96. The van der Waals surface area contributed by atoms with E-state index in [1.54, 1.807) is 25.9 Å². The van der Waals surface area contributed by atoms with Gasteiger partial charge in [-0.15, -0.1) is 0 Å². The summed E-state index contributed by atoms with van der Waals surface area (Å²) in [4.78, 5) is 12.1. The van der Waals surface area contributed by atoms with Crippen LogP contribution in [0.1, 0.15) is 13.8 Å². The molecule has 14 heavy (non-hydrogen) atoms. The SMILES string of the molecule is COCCN(CC(=O)O)CC(C)(C)O.